The average Bonchev–Trinajstić information content (AvgIpc) is 2.17. The van der Waals surface area contributed by atoms with Gasteiger partial charge in [0.25, 0.3) is 0 Å². The summed E-state index contributed by atoms with van der Waals surface area (Å²) in [7, 11) is 3.62. The Hall–Kier alpha value is -1.72. The number of benzene rings is 1. The molecule has 0 radical (unpaired) electrons. The van der Waals surface area contributed by atoms with Crippen LogP contribution in [0.5, 0.6) is 5.75 Å². The highest BCUT2D eigenvalue weighted by atomic mass is 19.4. The molecule has 0 aromatic heterocycles. The highest BCUT2D eigenvalue weighted by Crippen LogP contribution is 2.25. The largest absolute Gasteiger partial charge is 0.573 e. The third-order valence-corrected chi connectivity index (χ3v) is 1.84. The zero-order valence-corrected chi connectivity index (χ0v) is 9.58. The minimum atomic E-state index is -4.67. The summed E-state index contributed by atoms with van der Waals surface area (Å²) in [6.45, 7) is 0.268. The standard InChI is InChI=1S/C11H13F3N2O/c1-16(2)8-15-7-9-5-3-4-6-10(9)17-11(12,13)14/h3-6,8H,7H2,1-2H3/p+1. The third kappa shape index (κ3) is 5.24. The smallest absolute Gasteiger partial charge is 0.405 e. The summed E-state index contributed by atoms with van der Waals surface area (Å²) in [5.74, 6) is -0.181. The van der Waals surface area contributed by atoms with Crippen molar-refractivity contribution in [2.75, 3.05) is 14.1 Å². The highest BCUT2D eigenvalue weighted by Gasteiger charge is 2.32. The van der Waals surface area contributed by atoms with E-state index in [2.05, 4.69) is 10.1 Å². The summed E-state index contributed by atoms with van der Waals surface area (Å²) in [6, 6.07) is 6.04. The quantitative estimate of drug-likeness (QED) is 0.500. The molecular weight excluding hydrogens is 233 g/mol. The van der Waals surface area contributed by atoms with E-state index in [4.69, 9.17) is 0 Å². The normalized spacial score (nSPS) is 10.9. The summed E-state index contributed by atoms with van der Waals surface area (Å²) in [4.78, 5) is 0. The number of alkyl halides is 3. The van der Waals surface area contributed by atoms with E-state index in [1.807, 2.05) is 14.1 Å². The first-order valence-electron chi connectivity index (χ1n) is 4.95. The van der Waals surface area contributed by atoms with E-state index < -0.39 is 6.36 Å². The lowest BCUT2D eigenvalue weighted by molar-refractivity contribution is -0.461. The number of para-hydroxylation sites is 1. The van der Waals surface area contributed by atoms with Gasteiger partial charge in [0, 0.05) is 5.56 Å². The Morgan fingerprint density at radius 2 is 1.94 bits per heavy atom. The molecule has 0 amide bonds. The zero-order valence-electron chi connectivity index (χ0n) is 9.58. The number of hydrogen-bond acceptors (Lipinski definition) is 1. The van der Waals surface area contributed by atoms with Gasteiger partial charge in [0.15, 0.2) is 0 Å². The lowest BCUT2D eigenvalue weighted by Crippen LogP contribution is -2.21. The van der Waals surface area contributed by atoms with Gasteiger partial charge in [0.05, 0.1) is 14.1 Å². The Morgan fingerprint density at radius 3 is 2.53 bits per heavy atom. The van der Waals surface area contributed by atoms with Gasteiger partial charge in [0.2, 0.25) is 6.34 Å². The van der Waals surface area contributed by atoms with Crippen molar-refractivity contribution in [1.29, 1.82) is 0 Å². The Balaban J connectivity index is 2.74. The molecule has 0 atom stereocenters. The van der Waals surface area contributed by atoms with Crippen LogP contribution in [0, 0.1) is 0 Å². The first-order chi connectivity index (χ1) is 7.88. The zero-order chi connectivity index (χ0) is 12.9. The van der Waals surface area contributed by atoms with Crippen molar-refractivity contribution in [3.05, 3.63) is 29.8 Å². The van der Waals surface area contributed by atoms with Crippen LogP contribution in [-0.2, 0) is 6.54 Å². The maximum absolute atomic E-state index is 12.1. The molecule has 0 saturated heterocycles. The van der Waals surface area contributed by atoms with Crippen molar-refractivity contribution in [2.45, 2.75) is 12.9 Å². The molecular formula is C11H14F3N2O+. The van der Waals surface area contributed by atoms with Gasteiger partial charge in [-0.1, -0.05) is 18.2 Å². The minimum Gasteiger partial charge on any atom is -0.405 e. The van der Waals surface area contributed by atoms with Gasteiger partial charge in [-0.25, -0.2) is 0 Å². The van der Waals surface area contributed by atoms with Crippen molar-refractivity contribution >= 4 is 6.34 Å². The van der Waals surface area contributed by atoms with Gasteiger partial charge in [-0.3, -0.25) is 9.89 Å². The monoisotopic (exact) mass is 247 g/mol. The highest BCUT2D eigenvalue weighted by molar-refractivity contribution is 5.48. The number of ether oxygens (including phenoxy) is 1. The lowest BCUT2D eigenvalue weighted by Gasteiger charge is -2.11. The van der Waals surface area contributed by atoms with Crippen LogP contribution in [0.1, 0.15) is 5.56 Å². The maximum Gasteiger partial charge on any atom is 0.573 e. The molecule has 0 spiro atoms. The van der Waals surface area contributed by atoms with Gasteiger partial charge >= 0.3 is 6.36 Å². The summed E-state index contributed by atoms with van der Waals surface area (Å²) in [5, 5.41) is 2.88. The first-order valence-corrected chi connectivity index (χ1v) is 4.95. The van der Waals surface area contributed by atoms with Crippen molar-refractivity contribution in [3.8, 4) is 5.75 Å². The fourth-order valence-corrected chi connectivity index (χ4v) is 1.21. The summed E-state index contributed by atoms with van der Waals surface area (Å²) in [6.07, 6.45) is -3.01. The van der Waals surface area contributed by atoms with E-state index in [-0.39, 0.29) is 12.3 Å². The van der Waals surface area contributed by atoms with E-state index in [1.165, 1.54) is 12.1 Å². The second kappa shape index (κ2) is 5.56. The van der Waals surface area contributed by atoms with Crippen LogP contribution in [-0.4, -0.2) is 31.4 Å². The topological polar surface area (TPSA) is 24.3 Å². The first kappa shape index (κ1) is 13.3. The predicted octanol–water partition coefficient (Wildman–Crippen LogP) is 1.98. The molecule has 0 fully saturated rings. The molecule has 1 aromatic carbocycles. The molecule has 1 N–H and O–H groups in total. The molecule has 3 nitrogen and oxygen atoms in total. The summed E-state index contributed by atoms with van der Waals surface area (Å²) < 4.78 is 42.0. The Labute approximate surface area is 97.5 Å². The summed E-state index contributed by atoms with van der Waals surface area (Å²) in [5.41, 5.74) is 0.447. The van der Waals surface area contributed by atoms with E-state index in [0.29, 0.717) is 5.56 Å². The number of halogens is 3. The Morgan fingerprint density at radius 1 is 1.29 bits per heavy atom. The van der Waals surface area contributed by atoms with E-state index >= 15 is 0 Å². The van der Waals surface area contributed by atoms with Gasteiger partial charge in [0.1, 0.15) is 12.3 Å². The second-order valence-electron chi connectivity index (χ2n) is 3.63. The van der Waals surface area contributed by atoms with E-state index in [9.17, 15) is 13.2 Å². The lowest BCUT2D eigenvalue weighted by atomic mass is 10.2. The minimum absolute atomic E-state index is 0.181. The van der Waals surface area contributed by atoms with Crippen LogP contribution in [0.25, 0.3) is 0 Å². The number of nitrogens with one attached hydrogen (secondary N) is 1. The molecule has 0 aliphatic carbocycles. The molecule has 0 heterocycles. The Bertz CT molecular complexity index is 398. The number of nitrogens with zero attached hydrogens (tertiary/aromatic N) is 1. The van der Waals surface area contributed by atoms with Crippen LogP contribution in [0.4, 0.5) is 13.2 Å². The fourth-order valence-electron chi connectivity index (χ4n) is 1.21. The number of hydrogen-bond donors (Lipinski definition) is 1. The molecule has 6 heteroatoms. The molecule has 0 unspecified atom stereocenters. The van der Waals surface area contributed by atoms with E-state index in [1.54, 1.807) is 23.0 Å². The number of rotatable bonds is 4. The van der Waals surface area contributed by atoms with Crippen molar-refractivity contribution < 1.29 is 22.5 Å². The van der Waals surface area contributed by atoms with Gasteiger partial charge in [-0.15, -0.1) is 13.2 Å². The molecule has 94 valence electrons. The van der Waals surface area contributed by atoms with Crippen LogP contribution in [0.3, 0.4) is 0 Å². The van der Waals surface area contributed by atoms with E-state index in [0.717, 1.165) is 0 Å². The van der Waals surface area contributed by atoms with Crippen molar-refractivity contribution in [2.24, 2.45) is 0 Å². The van der Waals surface area contributed by atoms with Gasteiger partial charge in [-0.2, -0.15) is 0 Å². The molecule has 0 saturated carbocycles. The molecule has 0 bridgehead atoms. The summed E-state index contributed by atoms with van der Waals surface area (Å²) >= 11 is 0. The predicted molar refractivity (Wildman–Crippen MR) is 58.1 cm³/mol. The van der Waals surface area contributed by atoms with Crippen molar-refractivity contribution in [3.63, 3.8) is 0 Å². The third-order valence-electron chi connectivity index (χ3n) is 1.84. The maximum atomic E-state index is 12.1. The second-order valence-corrected chi connectivity index (χ2v) is 3.63. The van der Waals surface area contributed by atoms with Crippen LogP contribution >= 0.6 is 0 Å². The fraction of sp³-hybridized carbons (Fsp3) is 0.364. The average molecular weight is 247 g/mol. The van der Waals surface area contributed by atoms with Crippen LogP contribution in [0.2, 0.25) is 0 Å². The molecule has 1 aromatic rings. The molecule has 0 aliphatic heterocycles. The van der Waals surface area contributed by atoms with Crippen LogP contribution < -0.4 is 10.1 Å². The molecule has 0 aliphatic rings. The molecule has 17 heavy (non-hydrogen) atoms. The van der Waals surface area contributed by atoms with Gasteiger partial charge < -0.3 is 4.74 Å². The van der Waals surface area contributed by atoms with Crippen LogP contribution in [0.15, 0.2) is 24.3 Å². The Kier molecular flexibility index (Phi) is 4.37. The van der Waals surface area contributed by atoms with Gasteiger partial charge in [-0.05, 0) is 6.07 Å². The SMILES string of the molecule is C[N+](C)=CNCc1ccccc1OC(F)(F)F. The molecule has 1 rings (SSSR count). The van der Waals surface area contributed by atoms with Crippen molar-refractivity contribution in [1.82, 2.24) is 5.32 Å².